The fourth-order valence-electron chi connectivity index (χ4n) is 1.32. The van der Waals surface area contributed by atoms with Crippen molar-refractivity contribution in [2.75, 3.05) is 5.73 Å². The number of aryl methyl sites for hydroxylation is 2. The Morgan fingerprint density at radius 2 is 2.00 bits per heavy atom. The molecule has 0 radical (unpaired) electrons. The smallest absolute Gasteiger partial charge is 0.223 e. The number of nitrogens with two attached hydrogens (primary N) is 1. The van der Waals surface area contributed by atoms with E-state index in [9.17, 15) is 0 Å². The van der Waals surface area contributed by atoms with Gasteiger partial charge in [-0.3, -0.25) is 0 Å². The van der Waals surface area contributed by atoms with Crippen molar-refractivity contribution < 1.29 is 0 Å². The van der Waals surface area contributed by atoms with Gasteiger partial charge in [0.15, 0.2) is 0 Å². The molecule has 3 nitrogen and oxygen atoms in total. The number of thiophene rings is 1. The van der Waals surface area contributed by atoms with Crippen LogP contribution in [0, 0.1) is 13.8 Å². The number of hydrogen-bond donors (Lipinski definition) is 1. The minimum Gasteiger partial charge on any atom is -0.390 e. The average Bonchev–Trinajstić information content (AvgIpc) is 2.27. The standard InChI is InChI=1S/C8H8ClN3S/c1-3-5-4(2)11-8(9)12-7(5)13-6(3)10/h10H2,1-2H3. The van der Waals surface area contributed by atoms with Crippen LogP contribution in [-0.2, 0) is 0 Å². The Hall–Kier alpha value is -0.870. The van der Waals surface area contributed by atoms with E-state index in [0.717, 1.165) is 26.5 Å². The van der Waals surface area contributed by atoms with Crippen LogP contribution in [0.1, 0.15) is 11.3 Å². The number of anilines is 1. The van der Waals surface area contributed by atoms with Crippen LogP contribution in [0.25, 0.3) is 10.2 Å². The molecule has 0 saturated carbocycles. The van der Waals surface area contributed by atoms with Crippen LogP contribution < -0.4 is 5.73 Å². The summed E-state index contributed by atoms with van der Waals surface area (Å²) >= 11 is 7.18. The Bertz CT molecular complexity index is 478. The lowest BCUT2D eigenvalue weighted by atomic mass is 10.2. The predicted molar refractivity (Wildman–Crippen MR) is 56.3 cm³/mol. The fourth-order valence-corrected chi connectivity index (χ4v) is 2.58. The van der Waals surface area contributed by atoms with E-state index in [-0.39, 0.29) is 5.28 Å². The summed E-state index contributed by atoms with van der Waals surface area (Å²) in [4.78, 5) is 9.06. The molecule has 2 rings (SSSR count). The zero-order valence-electron chi connectivity index (χ0n) is 7.26. The SMILES string of the molecule is Cc1nc(Cl)nc2sc(N)c(C)c12. The lowest BCUT2D eigenvalue weighted by Gasteiger charge is -1.96. The van der Waals surface area contributed by atoms with E-state index in [4.69, 9.17) is 17.3 Å². The number of rotatable bonds is 0. The summed E-state index contributed by atoms with van der Waals surface area (Å²) in [5.74, 6) is 0. The summed E-state index contributed by atoms with van der Waals surface area (Å²) in [5, 5.41) is 2.10. The fraction of sp³-hybridized carbons (Fsp3) is 0.250. The molecule has 2 N–H and O–H groups in total. The molecule has 0 bridgehead atoms. The number of fused-ring (bicyclic) bond motifs is 1. The second-order valence-electron chi connectivity index (χ2n) is 2.85. The summed E-state index contributed by atoms with van der Waals surface area (Å²) in [5.41, 5.74) is 7.72. The maximum Gasteiger partial charge on any atom is 0.223 e. The molecular formula is C8H8ClN3S. The van der Waals surface area contributed by atoms with Crippen LogP contribution in [0.2, 0.25) is 5.28 Å². The molecule has 2 aromatic rings. The summed E-state index contributed by atoms with van der Waals surface area (Å²) in [6.07, 6.45) is 0. The molecule has 0 aliphatic carbocycles. The van der Waals surface area contributed by atoms with Gasteiger partial charge < -0.3 is 5.73 Å². The van der Waals surface area contributed by atoms with E-state index in [1.165, 1.54) is 11.3 Å². The van der Waals surface area contributed by atoms with Gasteiger partial charge in [-0.25, -0.2) is 9.97 Å². The lowest BCUT2D eigenvalue weighted by Crippen LogP contribution is -1.88. The van der Waals surface area contributed by atoms with Crippen molar-refractivity contribution in [3.05, 3.63) is 16.5 Å². The first-order valence-corrected chi connectivity index (χ1v) is 4.97. The first kappa shape index (κ1) is 8.72. The van der Waals surface area contributed by atoms with E-state index in [1.54, 1.807) is 0 Å². The van der Waals surface area contributed by atoms with Crippen molar-refractivity contribution in [3.8, 4) is 0 Å². The molecule has 13 heavy (non-hydrogen) atoms. The van der Waals surface area contributed by atoms with E-state index >= 15 is 0 Å². The monoisotopic (exact) mass is 213 g/mol. The molecule has 0 unspecified atom stereocenters. The maximum atomic E-state index is 5.78. The Balaban J connectivity index is 2.94. The zero-order chi connectivity index (χ0) is 9.59. The molecule has 2 heterocycles. The maximum absolute atomic E-state index is 5.78. The topological polar surface area (TPSA) is 51.8 Å². The van der Waals surface area contributed by atoms with Gasteiger partial charge in [-0.05, 0) is 31.0 Å². The summed E-state index contributed by atoms with van der Waals surface area (Å²) in [6, 6.07) is 0. The van der Waals surface area contributed by atoms with Crippen LogP contribution in [0.3, 0.4) is 0 Å². The molecule has 0 aromatic carbocycles. The van der Waals surface area contributed by atoms with Gasteiger partial charge in [-0.2, -0.15) is 0 Å². The van der Waals surface area contributed by atoms with Crippen molar-refractivity contribution in [2.45, 2.75) is 13.8 Å². The highest BCUT2D eigenvalue weighted by Crippen LogP contribution is 2.33. The molecule has 0 atom stereocenters. The van der Waals surface area contributed by atoms with E-state index in [0.29, 0.717) is 0 Å². The molecule has 5 heteroatoms. The molecule has 0 aliphatic heterocycles. The Morgan fingerprint density at radius 3 is 2.69 bits per heavy atom. The normalized spacial score (nSPS) is 11.0. The minimum absolute atomic E-state index is 0.284. The average molecular weight is 214 g/mol. The summed E-state index contributed by atoms with van der Waals surface area (Å²) in [7, 11) is 0. The number of hydrogen-bond acceptors (Lipinski definition) is 4. The number of nitrogen functional groups attached to an aromatic ring is 1. The third-order valence-electron chi connectivity index (χ3n) is 1.98. The highest BCUT2D eigenvalue weighted by Gasteiger charge is 2.11. The number of halogens is 1. The highest BCUT2D eigenvalue weighted by atomic mass is 35.5. The van der Waals surface area contributed by atoms with Gasteiger partial charge >= 0.3 is 0 Å². The van der Waals surface area contributed by atoms with Gasteiger partial charge in [-0.1, -0.05) is 11.3 Å². The number of nitrogens with zero attached hydrogens (tertiary/aromatic N) is 2. The van der Waals surface area contributed by atoms with Gasteiger partial charge in [0, 0.05) is 5.39 Å². The third-order valence-corrected chi connectivity index (χ3v) is 3.16. The van der Waals surface area contributed by atoms with Crippen LogP contribution >= 0.6 is 22.9 Å². The van der Waals surface area contributed by atoms with E-state index in [1.807, 2.05) is 13.8 Å². The van der Waals surface area contributed by atoms with Crippen molar-refractivity contribution in [1.29, 1.82) is 0 Å². The van der Waals surface area contributed by atoms with E-state index < -0.39 is 0 Å². The molecule has 68 valence electrons. The van der Waals surface area contributed by atoms with Crippen LogP contribution in [0.4, 0.5) is 5.00 Å². The van der Waals surface area contributed by atoms with Crippen molar-refractivity contribution >= 4 is 38.2 Å². The minimum atomic E-state index is 0.284. The van der Waals surface area contributed by atoms with Gasteiger partial charge in [0.05, 0.1) is 10.7 Å². The molecular weight excluding hydrogens is 206 g/mol. The van der Waals surface area contributed by atoms with Gasteiger partial charge in [-0.15, -0.1) is 0 Å². The number of aromatic nitrogens is 2. The summed E-state index contributed by atoms with van der Waals surface area (Å²) in [6.45, 7) is 3.88. The first-order chi connectivity index (χ1) is 6.09. The molecule has 0 fully saturated rings. The summed E-state index contributed by atoms with van der Waals surface area (Å²) < 4.78 is 0. The Labute approximate surface area is 84.6 Å². The third kappa shape index (κ3) is 1.26. The molecule has 0 amide bonds. The van der Waals surface area contributed by atoms with Crippen LogP contribution in [0.5, 0.6) is 0 Å². The lowest BCUT2D eigenvalue weighted by molar-refractivity contribution is 1.16. The largest absolute Gasteiger partial charge is 0.390 e. The van der Waals surface area contributed by atoms with Gasteiger partial charge in [0.25, 0.3) is 0 Å². The second-order valence-corrected chi connectivity index (χ2v) is 4.22. The Kier molecular flexibility index (Phi) is 1.89. The van der Waals surface area contributed by atoms with Gasteiger partial charge in [0.2, 0.25) is 5.28 Å². The Morgan fingerprint density at radius 1 is 1.31 bits per heavy atom. The van der Waals surface area contributed by atoms with Crippen molar-refractivity contribution in [2.24, 2.45) is 0 Å². The van der Waals surface area contributed by atoms with E-state index in [2.05, 4.69) is 9.97 Å². The molecule has 2 aromatic heterocycles. The first-order valence-electron chi connectivity index (χ1n) is 3.78. The van der Waals surface area contributed by atoms with Crippen molar-refractivity contribution in [3.63, 3.8) is 0 Å². The quantitative estimate of drug-likeness (QED) is 0.685. The highest BCUT2D eigenvalue weighted by molar-refractivity contribution is 7.22. The van der Waals surface area contributed by atoms with Gasteiger partial charge in [0.1, 0.15) is 4.83 Å². The van der Waals surface area contributed by atoms with Crippen LogP contribution in [-0.4, -0.2) is 9.97 Å². The molecule has 0 aliphatic rings. The second kappa shape index (κ2) is 2.82. The molecule has 0 spiro atoms. The van der Waals surface area contributed by atoms with Crippen LogP contribution in [0.15, 0.2) is 0 Å². The molecule has 0 saturated heterocycles. The predicted octanol–water partition coefficient (Wildman–Crippen LogP) is 2.54. The zero-order valence-corrected chi connectivity index (χ0v) is 8.83. The van der Waals surface area contributed by atoms with Crippen molar-refractivity contribution in [1.82, 2.24) is 9.97 Å².